The molecule has 94 valence electrons. The van der Waals surface area contributed by atoms with Crippen molar-refractivity contribution >= 4 is 32.9 Å². The highest BCUT2D eigenvalue weighted by molar-refractivity contribution is 7.21. The first-order valence-electron chi connectivity index (χ1n) is 5.92. The Morgan fingerprint density at radius 2 is 2.11 bits per heavy atom. The summed E-state index contributed by atoms with van der Waals surface area (Å²) in [6, 6.07) is 0. The number of carbonyl (C=O) groups is 1. The third-order valence-electron chi connectivity index (χ3n) is 3.25. The molecule has 1 fully saturated rings. The fraction of sp³-hybridized carbons (Fsp3) is 0.500. The zero-order valence-electron chi connectivity index (χ0n) is 10.3. The first-order chi connectivity index (χ1) is 8.53. The Hall–Kier alpha value is -1.56. The molecule has 0 unspecified atom stereocenters. The molecular weight excluding hydrogens is 248 g/mol. The van der Waals surface area contributed by atoms with Gasteiger partial charge in [0.15, 0.2) is 15.6 Å². The average Bonchev–Trinajstić information content (AvgIpc) is 2.67. The lowest BCUT2D eigenvalue weighted by molar-refractivity contribution is -0.126. The minimum atomic E-state index is 0.0633. The van der Waals surface area contributed by atoms with E-state index in [0.717, 1.165) is 17.7 Å². The molecule has 2 aromatic rings. The largest absolute Gasteiger partial charge is 0.302 e. The number of amides is 1. The van der Waals surface area contributed by atoms with Gasteiger partial charge in [-0.15, -0.1) is 0 Å². The van der Waals surface area contributed by atoms with Gasteiger partial charge in [0, 0.05) is 18.3 Å². The van der Waals surface area contributed by atoms with E-state index in [1.807, 2.05) is 0 Å². The summed E-state index contributed by atoms with van der Waals surface area (Å²) in [5, 5.41) is 3.45. The van der Waals surface area contributed by atoms with Crippen LogP contribution in [0.3, 0.4) is 0 Å². The van der Waals surface area contributed by atoms with Crippen molar-refractivity contribution in [1.29, 1.82) is 0 Å². The quantitative estimate of drug-likeness (QED) is 0.902. The van der Waals surface area contributed by atoms with Gasteiger partial charge in [-0.3, -0.25) is 4.79 Å². The second-order valence-corrected chi connectivity index (χ2v) is 6.44. The normalized spacial score (nSPS) is 18.6. The Morgan fingerprint density at radius 3 is 2.78 bits per heavy atom. The molecule has 0 atom stereocenters. The molecule has 0 aromatic carbocycles. The van der Waals surface area contributed by atoms with Crippen LogP contribution in [-0.4, -0.2) is 20.9 Å². The predicted octanol–water partition coefficient (Wildman–Crippen LogP) is 2.46. The summed E-state index contributed by atoms with van der Waals surface area (Å²) >= 11 is 1.36. The van der Waals surface area contributed by atoms with Crippen molar-refractivity contribution < 1.29 is 4.79 Å². The number of nitrogens with one attached hydrogen (secondary N) is 1. The molecule has 0 radical (unpaired) electrons. The van der Waals surface area contributed by atoms with E-state index in [4.69, 9.17) is 0 Å². The third-order valence-corrected chi connectivity index (χ3v) is 4.11. The number of aromatic nitrogens is 3. The van der Waals surface area contributed by atoms with Crippen LogP contribution in [0.25, 0.3) is 10.5 Å². The van der Waals surface area contributed by atoms with Crippen molar-refractivity contribution in [3.63, 3.8) is 0 Å². The molecule has 6 heteroatoms. The van der Waals surface area contributed by atoms with Gasteiger partial charge in [0.1, 0.15) is 0 Å². The molecule has 1 saturated carbocycles. The van der Waals surface area contributed by atoms with Crippen LogP contribution in [0.2, 0.25) is 0 Å². The fourth-order valence-electron chi connectivity index (χ4n) is 2.40. The van der Waals surface area contributed by atoms with E-state index in [9.17, 15) is 4.79 Å². The molecular formula is C12H14N4OS. The van der Waals surface area contributed by atoms with Crippen molar-refractivity contribution in [2.45, 2.75) is 26.7 Å². The molecule has 1 aliphatic rings. The summed E-state index contributed by atoms with van der Waals surface area (Å²) in [6.07, 6.45) is 5.11. The van der Waals surface area contributed by atoms with Gasteiger partial charge < -0.3 is 5.32 Å². The van der Waals surface area contributed by atoms with Gasteiger partial charge >= 0.3 is 0 Å². The SMILES string of the molecule is CC1(C)CC(C(=O)Nc2nc3nccnc3s2)C1. The van der Waals surface area contributed by atoms with Crippen LogP contribution in [0.5, 0.6) is 0 Å². The Balaban J connectivity index is 1.71. The van der Waals surface area contributed by atoms with Crippen molar-refractivity contribution in [2.24, 2.45) is 11.3 Å². The van der Waals surface area contributed by atoms with Gasteiger partial charge in [-0.1, -0.05) is 25.2 Å². The minimum Gasteiger partial charge on any atom is -0.302 e. The van der Waals surface area contributed by atoms with E-state index in [1.54, 1.807) is 12.4 Å². The van der Waals surface area contributed by atoms with Gasteiger partial charge in [-0.2, -0.15) is 4.98 Å². The molecule has 1 amide bonds. The van der Waals surface area contributed by atoms with Gasteiger partial charge in [0.05, 0.1) is 0 Å². The predicted molar refractivity (Wildman–Crippen MR) is 70.3 cm³/mol. The Morgan fingerprint density at radius 1 is 1.39 bits per heavy atom. The zero-order chi connectivity index (χ0) is 12.8. The van der Waals surface area contributed by atoms with Crippen molar-refractivity contribution in [3.05, 3.63) is 12.4 Å². The second kappa shape index (κ2) is 3.98. The van der Waals surface area contributed by atoms with E-state index >= 15 is 0 Å². The summed E-state index contributed by atoms with van der Waals surface area (Å²) in [4.78, 5) is 25.2. The highest BCUT2D eigenvalue weighted by Gasteiger charge is 2.40. The standard InChI is InChI=1S/C12H14N4OS/c1-12(2)5-7(6-12)9(17)16-11-15-8-10(18-11)14-4-3-13-8/h3-4,7H,5-6H2,1-2H3,(H,13,15,16,17). The molecule has 18 heavy (non-hydrogen) atoms. The molecule has 3 rings (SSSR count). The summed E-state index contributed by atoms with van der Waals surface area (Å²) in [5.74, 6) is 0.182. The summed E-state index contributed by atoms with van der Waals surface area (Å²) < 4.78 is 0. The summed E-state index contributed by atoms with van der Waals surface area (Å²) in [6.45, 7) is 4.37. The number of hydrogen-bond donors (Lipinski definition) is 1. The topological polar surface area (TPSA) is 67.8 Å². The maximum Gasteiger partial charge on any atom is 0.229 e. The monoisotopic (exact) mass is 262 g/mol. The maximum atomic E-state index is 12.0. The Labute approximate surface area is 109 Å². The van der Waals surface area contributed by atoms with E-state index in [1.165, 1.54) is 11.3 Å². The number of nitrogens with zero attached hydrogens (tertiary/aromatic N) is 3. The molecule has 1 aliphatic carbocycles. The zero-order valence-corrected chi connectivity index (χ0v) is 11.1. The Bertz CT molecular complexity index is 566. The summed E-state index contributed by atoms with van der Waals surface area (Å²) in [5.41, 5.74) is 0.894. The smallest absolute Gasteiger partial charge is 0.229 e. The summed E-state index contributed by atoms with van der Waals surface area (Å²) in [7, 11) is 0. The molecule has 2 heterocycles. The van der Waals surface area contributed by atoms with Crippen molar-refractivity contribution in [1.82, 2.24) is 15.0 Å². The van der Waals surface area contributed by atoms with Crippen molar-refractivity contribution in [2.75, 3.05) is 5.32 Å². The van der Waals surface area contributed by atoms with E-state index < -0.39 is 0 Å². The Kier molecular flexibility index (Phi) is 2.55. The lowest BCUT2D eigenvalue weighted by Crippen LogP contribution is -2.39. The number of rotatable bonds is 2. The number of hydrogen-bond acceptors (Lipinski definition) is 5. The van der Waals surface area contributed by atoms with Crippen LogP contribution in [0.15, 0.2) is 12.4 Å². The van der Waals surface area contributed by atoms with Crippen LogP contribution in [0.4, 0.5) is 5.13 Å². The van der Waals surface area contributed by atoms with Crippen LogP contribution in [0, 0.1) is 11.3 Å². The van der Waals surface area contributed by atoms with E-state index in [0.29, 0.717) is 16.2 Å². The number of anilines is 1. The number of thiazole rings is 1. The first kappa shape index (κ1) is 11.5. The van der Waals surface area contributed by atoms with Gasteiger partial charge in [-0.05, 0) is 18.3 Å². The second-order valence-electron chi connectivity index (χ2n) is 5.46. The molecule has 0 spiro atoms. The first-order valence-corrected chi connectivity index (χ1v) is 6.74. The molecule has 5 nitrogen and oxygen atoms in total. The molecule has 1 N–H and O–H groups in total. The number of carbonyl (C=O) groups excluding carboxylic acids is 1. The van der Waals surface area contributed by atoms with Crippen molar-refractivity contribution in [3.8, 4) is 0 Å². The third kappa shape index (κ3) is 2.08. The van der Waals surface area contributed by atoms with E-state index in [-0.39, 0.29) is 11.8 Å². The minimum absolute atomic E-state index is 0.0633. The van der Waals surface area contributed by atoms with E-state index in [2.05, 4.69) is 34.1 Å². The average molecular weight is 262 g/mol. The highest BCUT2D eigenvalue weighted by Crippen LogP contribution is 2.45. The fourth-order valence-corrected chi connectivity index (χ4v) is 3.17. The lowest BCUT2D eigenvalue weighted by atomic mass is 9.64. The molecule has 0 saturated heterocycles. The van der Waals surface area contributed by atoms with Gasteiger partial charge in [0.25, 0.3) is 0 Å². The molecule has 0 bridgehead atoms. The lowest BCUT2D eigenvalue weighted by Gasteiger charge is -2.41. The number of fused-ring (bicyclic) bond motifs is 1. The molecule has 2 aromatic heterocycles. The van der Waals surface area contributed by atoms with Crippen LogP contribution >= 0.6 is 11.3 Å². The molecule has 0 aliphatic heterocycles. The van der Waals surface area contributed by atoms with Crippen LogP contribution in [-0.2, 0) is 4.79 Å². The maximum absolute atomic E-state index is 12.0. The highest BCUT2D eigenvalue weighted by atomic mass is 32.1. The van der Waals surface area contributed by atoms with Crippen LogP contribution < -0.4 is 5.32 Å². The van der Waals surface area contributed by atoms with Crippen LogP contribution in [0.1, 0.15) is 26.7 Å². The van der Waals surface area contributed by atoms with Gasteiger partial charge in [-0.25, -0.2) is 9.97 Å². The van der Waals surface area contributed by atoms with Gasteiger partial charge in [0.2, 0.25) is 5.91 Å².